The maximum Gasteiger partial charge on any atom is 0.316 e. The van der Waals surface area contributed by atoms with Gasteiger partial charge in [0.1, 0.15) is 11.6 Å². The Morgan fingerprint density at radius 3 is 1.42 bits per heavy atom. The summed E-state index contributed by atoms with van der Waals surface area (Å²) in [5, 5.41) is 5.27. The molecule has 0 spiro atoms. The molecule has 5 nitrogen and oxygen atoms in total. The van der Waals surface area contributed by atoms with Crippen molar-refractivity contribution in [3.63, 3.8) is 0 Å². The topological polar surface area (TPSA) is 65.0 Å². The number of esters is 2. The highest BCUT2D eigenvalue weighted by molar-refractivity contribution is 8.10. The molecule has 0 aromatic heterocycles. The fourth-order valence-corrected chi connectivity index (χ4v) is 15.8. The Kier molecular flexibility index (Phi) is 9.16. The minimum absolute atomic E-state index is 0.441. The minimum Gasteiger partial charge on any atom is -0.468 e. The van der Waals surface area contributed by atoms with Gasteiger partial charge in [0.05, 0.1) is 25.5 Å². The molecular weight excluding hydrogens is 572 g/mol. The Morgan fingerprint density at radius 1 is 0.651 bits per heavy atom. The van der Waals surface area contributed by atoms with Crippen molar-refractivity contribution in [3.8, 4) is 0 Å². The normalized spacial score (nSPS) is 18.9. The fourth-order valence-electron chi connectivity index (χ4n) is 5.95. The van der Waals surface area contributed by atoms with Gasteiger partial charge in [0.15, 0.2) is 0 Å². The lowest BCUT2D eigenvalue weighted by atomic mass is 9.98. The molecule has 0 bridgehead atoms. The van der Waals surface area contributed by atoms with Gasteiger partial charge in [-0.25, -0.2) is 0 Å². The van der Waals surface area contributed by atoms with E-state index in [0.717, 1.165) is 26.3 Å². The zero-order valence-corrected chi connectivity index (χ0v) is 27.0. The lowest BCUT2D eigenvalue weighted by Gasteiger charge is -2.35. The second-order valence-electron chi connectivity index (χ2n) is 11.4. The molecule has 2 unspecified atom stereocenters. The van der Waals surface area contributed by atoms with Gasteiger partial charge in [-0.15, -0.1) is 0 Å². The monoisotopic (exact) mass is 609 g/mol. The van der Waals surface area contributed by atoms with Crippen LogP contribution in [0.1, 0.15) is 20.8 Å². The molecule has 0 amide bonds. The largest absolute Gasteiger partial charge is 0.468 e. The predicted octanol–water partition coefficient (Wildman–Crippen LogP) is 5.50. The van der Waals surface area contributed by atoms with E-state index in [1.807, 2.05) is 93.6 Å². The van der Waals surface area contributed by atoms with Crippen LogP contribution in [-0.2, 0) is 19.1 Å². The predicted molar refractivity (Wildman–Crippen MR) is 182 cm³/mol. The van der Waals surface area contributed by atoms with E-state index in [2.05, 4.69) is 48.5 Å². The SMILES string of the molecule is COC(=O)C1C(=NC(C)(C)C)C(P(c2ccccc2)c2ccccc2)=P(c2ccccc2)(c2ccccc2)C1C(=O)OC. The van der Waals surface area contributed by atoms with Crippen LogP contribution >= 0.6 is 14.8 Å². The van der Waals surface area contributed by atoms with Crippen LogP contribution in [0, 0.1) is 5.92 Å². The van der Waals surface area contributed by atoms with E-state index in [0.29, 0.717) is 5.71 Å². The lowest BCUT2D eigenvalue weighted by Crippen LogP contribution is -2.41. The first-order chi connectivity index (χ1) is 20.7. The number of carbonyl (C=O) groups excluding carboxylic acids is 2. The van der Waals surface area contributed by atoms with Gasteiger partial charge in [-0.2, -0.15) is 0 Å². The quantitative estimate of drug-likeness (QED) is 0.205. The minimum atomic E-state index is -2.96. The van der Waals surface area contributed by atoms with Crippen LogP contribution in [0.4, 0.5) is 0 Å². The first kappa shape index (κ1) is 30.7. The summed E-state index contributed by atoms with van der Waals surface area (Å²) >= 11 is 0. The van der Waals surface area contributed by atoms with Gasteiger partial charge in [0, 0.05) is 5.03 Å². The van der Waals surface area contributed by atoms with Crippen molar-refractivity contribution in [3.05, 3.63) is 121 Å². The Hall–Kier alpha value is -3.78. The molecule has 5 rings (SSSR count). The summed E-state index contributed by atoms with van der Waals surface area (Å²) in [7, 11) is 1.51. The molecule has 1 aliphatic rings. The summed E-state index contributed by atoms with van der Waals surface area (Å²) in [4.78, 5) is 33.7. The van der Waals surface area contributed by atoms with Crippen LogP contribution in [0.5, 0.6) is 0 Å². The number of rotatable bonds is 7. The summed E-state index contributed by atoms with van der Waals surface area (Å²) in [5.74, 6) is -1.87. The van der Waals surface area contributed by atoms with E-state index < -0.39 is 43.9 Å². The zero-order chi connectivity index (χ0) is 30.6. The molecule has 7 heteroatoms. The molecule has 4 aromatic carbocycles. The van der Waals surface area contributed by atoms with Crippen LogP contribution < -0.4 is 21.2 Å². The number of ether oxygens (including phenoxy) is 2. The van der Waals surface area contributed by atoms with E-state index in [9.17, 15) is 9.59 Å². The van der Waals surface area contributed by atoms with Gasteiger partial charge < -0.3 is 9.47 Å². The van der Waals surface area contributed by atoms with Crippen LogP contribution in [0.15, 0.2) is 126 Å². The van der Waals surface area contributed by atoms with Crippen LogP contribution in [0.25, 0.3) is 0 Å². The number of benzene rings is 4. The van der Waals surface area contributed by atoms with Crippen molar-refractivity contribution in [1.82, 2.24) is 0 Å². The Morgan fingerprint density at radius 2 is 1.05 bits per heavy atom. The molecule has 0 radical (unpaired) electrons. The highest BCUT2D eigenvalue weighted by atomic mass is 31.2. The molecule has 2 atom stereocenters. The number of aliphatic imine (C=N–C) groups is 1. The molecule has 0 saturated heterocycles. The summed E-state index contributed by atoms with van der Waals surface area (Å²) in [6, 6.07) is 41.1. The summed E-state index contributed by atoms with van der Waals surface area (Å²) in [6.07, 6.45) is 0. The van der Waals surface area contributed by atoms with Crippen LogP contribution in [-0.4, -0.2) is 48.1 Å². The molecule has 1 heterocycles. The van der Waals surface area contributed by atoms with Crippen molar-refractivity contribution in [2.45, 2.75) is 32.0 Å². The second-order valence-corrected chi connectivity index (χ2v) is 17.3. The number of hydrogen-bond acceptors (Lipinski definition) is 5. The average molecular weight is 610 g/mol. The highest BCUT2D eigenvalue weighted by Gasteiger charge is 2.58. The van der Waals surface area contributed by atoms with E-state index in [-0.39, 0.29) is 0 Å². The van der Waals surface area contributed by atoms with Gasteiger partial charge in [0.2, 0.25) is 0 Å². The number of hydrogen-bond donors (Lipinski definition) is 0. The maximum atomic E-state index is 14.3. The van der Waals surface area contributed by atoms with Gasteiger partial charge >= 0.3 is 11.9 Å². The van der Waals surface area contributed by atoms with Crippen molar-refractivity contribution in [2.75, 3.05) is 14.2 Å². The third-order valence-corrected chi connectivity index (χ3v) is 15.8. The molecule has 0 saturated carbocycles. The van der Waals surface area contributed by atoms with Crippen molar-refractivity contribution < 1.29 is 19.1 Å². The smallest absolute Gasteiger partial charge is 0.316 e. The van der Waals surface area contributed by atoms with Crippen molar-refractivity contribution in [2.24, 2.45) is 10.9 Å². The number of nitrogens with zero attached hydrogens (tertiary/aromatic N) is 1. The molecule has 0 N–H and O–H groups in total. The number of carbonyl (C=O) groups is 2. The lowest BCUT2D eigenvalue weighted by molar-refractivity contribution is -0.148. The van der Waals surface area contributed by atoms with E-state index in [1.165, 1.54) is 14.2 Å². The average Bonchev–Trinajstić information content (AvgIpc) is 3.32. The Balaban J connectivity index is 2.13. The summed E-state index contributed by atoms with van der Waals surface area (Å²) in [6.45, 7) is 3.11. The van der Waals surface area contributed by atoms with Crippen molar-refractivity contribution in [1.29, 1.82) is 0 Å². The van der Waals surface area contributed by atoms with Gasteiger partial charge in [-0.1, -0.05) is 121 Å². The first-order valence-corrected chi connectivity index (χ1v) is 17.5. The Bertz CT molecular complexity index is 1580. The zero-order valence-electron chi connectivity index (χ0n) is 25.2. The summed E-state index contributed by atoms with van der Waals surface area (Å²) in [5.41, 5.74) is -0.771. The third-order valence-electron chi connectivity index (χ3n) is 7.51. The summed E-state index contributed by atoms with van der Waals surface area (Å²) < 4.78 is 11.1. The van der Waals surface area contributed by atoms with Gasteiger partial charge in [0.25, 0.3) is 0 Å². The van der Waals surface area contributed by atoms with Crippen LogP contribution in [0.2, 0.25) is 0 Å². The maximum absolute atomic E-state index is 14.3. The molecule has 4 aromatic rings. The van der Waals surface area contributed by atoms with E-state index in [4.69, 9.17) is 14.5 Å². The highest BCUT2D eigenvalue weighted by Crippen LogP contribution is 2.66. The standard InChI is InChI=1S/C36H37NO4P2/c1-36(2,3)37-31-30(33(38)40-4)32(34(39)41-5)43(28-22-14-8-15-23-28,29-24-16-9-17-25-29)35(31)42(26-18-10-6-11-19-26)27-20-12-7-13-21-27/h6-25,30,32H,1-5H3. The molecule has 220 valence electrons. The molecule has 1 aliphatic heterocycles. The van der Waals surface area contributed by atoms with Gasteiger partial charge in [-0.05, 0) is 56.8 Å². The van der Waals surface area contributed by atoms with Gasteiger partial charge in [-0.3, -0.25) is 14.6 Å². The number of methoxy groups -OCH3 is 2. The van der Waals surface area contributed by atoms with Crippen molar-refractivity contribution >= 4 is 58.7 Å². The van der Waals surface area contributed by atoms with Crippen LogP contribution in [0.3, 0.4) is 0 Å². The van der Waals surface area contributed by atoms with E-state index >= 15 is 0 Å². The second kappa shape index (κ2) is 12.8. The van der Waals surface area contributed by atoms with E-state index in [1.54, 1.807) is 0 Å². The fraction of sp³-hybridized carbons (Fsp3) is 0.222. The third kappa shape index (κ3) is 5.77. The molecular formula is C36H37NO4P2. The molecule has 43 heavy (non-hydrogen) atoms. The molecule has 0 aliphatic carbocycles. The first-order valence-electron chi connectivity index (χ1n) is 14.3. The molecule has 0 fully saturated rings. The Labute approximate surface area is 255 Å².